The summed E-state index contributed by atoms with van der Waals surface area (Å²) in [5, 5.41) is 18.1. The standard InChI is InChI=1S/C27H19N5O2S/c33-32(34)25-12-5-4-11-24(25)30-27-31(29-18-23-10-6-7-17-28-23)26(19-35-27)22-15-13-21(14-16-22)20-8-2-1-3-9-20/h1-19H. The number of rotatable bonds is 6. The average molecular weight is 478 g/mol. The number of benzene rings is 3. The lowest BCUT2D eigenvalue weighted by Crippen LogP contribution is -2.12. The number of thiazole rings is 1. The zero-order valence-corrected chi connectivity index (χ0v) is 19.2. The van der Waals surface area contributed by atoms with Gasteiger partial charge in [0.1, 0.15) is 5.69 Å². The van der Waals surface area contributed by atoms with Crippen molar-refractivity contribution in [1.29, 1.82) is 0 Å². The number of nitrogens with zero attached hydrogens (tertiary/aromatic N) is 5. The predicted molar refractivity (Wildman–Crippen MR) is 139 cm³/mol. The predicted octanol–water partition coefficient (Wildman–Crippen LogP) is 6.30. The number of nitro groups is 1. The number of hydrogen-bond donors (Lipinski definition) is 0. The Morgan fingerprint density at radius 3 is 2.26 bits per heavy atom. The summed E-state index contributed by atoms with van der Waals surface area (Å²) in [5.41, 5.74) is 4.91. The van der Waals surface area contributed by atoms with Crippen molar-refractivity contribution in [1.82, 2.24) is 9.66 Å². The summed E-state index contributed by atoms with van der Waals surface area (Å²) in [4.78, 5) is 20.5. The second-order valence-corrected chi connectivity index (χ2v) is 8.35. The maximum Gasteiger partial charge on any atom is 0.294 e. The van der Waals surface area contributed by atoms with Gasteiger partial charge >= 0.3 is 0 Å². The number of pyridine rings is 1. The van der Waals surface area contributed by atoms with Crippen LogP contribution in [0.4, 0.5) is 11.4 Å². The van der Waals surface area contributed by atoms with Crippen molar-refractivity contribution in [3.63, 3.8) is 0 Å². The molecule has 0 unspecified atom stereocenters. The van der Waals surface area contributed by atoms with Crippen LogP contribution < -0.4 is 4.80 Å². The molecule has 0 bridgehead atoms. The van der Waals surface area contributed by atoms with E-state index in [1.807, 2.05) is 53.9 Å². The van der Waals surface area contributed by atoms with E-state index in [-0.39, 0.29) is 11.4 Å². The number of nitro benzene ring substituents is 1. The normalized spacial score (nSPS) is 11.7. The van der Waals surface area contributed by atoms with Crippen molar-refractivity contribution < 1.29 is 4.92 Å². The molecule has 8 heteroatoms. The molecular weight excluding hydrogens is 458 g/mol. The van der Waals surface area contributed by atoms with E-state index < -0.39 is 4.92 Å². The summed E-state index contributed by atoms with van der Waals surface area (Å²) in [6.07, 6.45) is 3.34. The van der Waals surface area contributed by atoms with Gasteiger partial charge in [0.15, 0.2) is 0 Å². The summed E-state index contributed by atoms with van der Waals surface area (Å²) in [7, 11) is 0. The van der Waals surface area contributed by atoms with Crippen molar-refractivity contribution in [3.8, 4) is 22.4 Å². The molecule has 0 saturated heterocycles. The molecule has 170 valence electrons. The third-order valence-corrected chi connectivity index (χ3v) is 6.08. The minimum absolute atomic E-state index is 0.0603. The second-order valence-electron chi connectivity index (χ2n) is 7.52. The van der Waals surface area contributed by atoms with Crippen LogP contribution in [-0.4, -0.2) is 20.8 Å². The molecule has 35 heavy (non-hydrogen) atoms. The Kier molecular flexibility index (Phi) is 6.36. The SMILES string of the molecule is O=[N+]([O-])c1ccccc1N=c1scc(-c2ccc(-c3ccccc3)cc2)n1N=Cc1ccccn1. The molecule has 0 aliphatic heterocycles. The fourth-order valence-corrected chi connectivity index (χ4v) is 4.39. The van der Waals surface area contributed by atoms with E-state index in [0.717, 1.165) is 22.4 Å². The lowest BCUT2D eigenvalue weighted by Gasteiger charge is -2.06. The van der Waals surface area contributed by atoms with E-state index in [1.165, 1.54) is 17.4 Å². The first-order valence-electron chi connectivity index (χ1n) is 10.8. The highest BCUT2D eigenvalue weighted by Crippen LogP contribution is 2.28. The first-order valence-corrected chi connectivity index (χ1v) is 11.7. The van der Waals surface area contributed by atoms with Crippen molar-refractivity contribution in [3.05, 3.63) is 129 Å². The largest absolute Gasteiger partial charge is 0.294 e. The van der Waals surface area contributed by atoms with Gasteiger partial charge in [0.2, 0.25) is 4.80 Å². The van der Waals surface area contributed by atoms with Gasteiger partial charge < -0.3 is 0 Å². The lowest BCUT2D eigenvalue weighted by atomic mass is 10.0. The van der Waals surface area contributed by atoms with Gasteiger partial charge in [0.25, 0.3) is 5.69 Å². The maximum absolute atomic E-state index is 11.5. The average Bonchev–Trinajstić information content (AvgIpc) is 3.31. The molecule has 3 aromatic carbocycles. The summed E-state index contributed by atoms with van der Waals surface area (Å²) in [6.45, 7) is 0. The fourth-order valence-electron chi connectivity index (χ4n) is 3.54. The molecule has 0 amide bonds. The summed E-state index contributed by atoms with van der Waals surface area (Å²) >= 11 is 1.36. The Labute approximate surface area is 205 Å². The number of hydrogen-bond acceptors (Lipinski definition) is 6. The Morgan fingerprint density at radius 1 is 0.829 bits per heavy atom. The third kappa shape index (κ3) is 4.97. The molecule has 0 spiro atoms. The van der Waals surface area contributed by atoms with Crippen LogP contribution in [0.2, 0.25) is 0 Å². The highest BCUT2D eigenvalue weighted by molar-refractivity contribution is 7.07. The van der Waals surface area contributed by atoms with Gasteiger partial charge in [-0.1, -0.05) is 72.8 Å². The molecule has 0 saturated carbocycles. The third-order valence-electron chi connectivity index (χ3n) is 5.26. The Bertz CT molecular complexity index is 1560. The molecule has 2 aromatic heterocycles. The van der Waals surface area contributed by atoms with Crippen LogP contribution in [0.1, 0.15) is 5.69 Å². The Morgan fingerprint density at radius 2 is 1.51 bits per heavy atom. The fraction of sp³-hybridized carbons (Fsp3) is 0. The quantitative estimate of drug-likeness (QED) is 0.163. The summed E-state index contributed by atoms with van der Waals surface area (Å²) in [6, 6.07) is 30.3. The van der Waals surface area contributed by atoms with Crippen LogP contribution in [0.25, 0.3) is 22.4 Å². The highest BCUT2D eigenvalue weighted by Gasteiger charge is 2.13. The van der Waals surface area contributed by atoms with E-state index in [9.17, 15) is 10.1 Å². The molecular formula is C27H19N5O2S. The minimum Gasteiger partial charge on any atom is -0.258 e. The van der Waals surface area contributed by atoms with Gasteiger partial charge in [-0.15, -0.1) is 11.3 Å². The highest BCUT2D eigenvalue weighted by atomic mass is 32.1. The molecule has 2 heterocycles. The van der Waals surface area contributed by atoms with E-state index in [0.29, 0.717) is 10.5 Å². The smallest absolute Gasteiger partial charge is 0.258 e. The van der Waals surface area contributed by atoms with Crippen molar-refractivity contribution in [2.75, 3.05) is 0 Å². The molecule has 0 aliphatic rings. The minimum atomic E-state index is -0.433. The van der Waals surface area contributed by atoms with Gasteiger partial charge in [-0.2, -0.15) is 5.10 Å². The van der Waals surface area contributed by atoms with E-state index >= 15 is 0 Å². The van der Waals surface area contributed by atoms with Crippen LogP contribution in [0.3, 0.4) is 0 Å². The van der Waals surface area contributed by atoms with Crippen molar-refractivity contribution in [2.45, 2.75) is 0 Å². The zero-order valence-electron chi connectivity index (χ0n) is 18.4. The number of aromatic nitrogens is 2. The molecule has 0 atom stereocenters. The maximum atomic E-state index is 11.5. The second kappa shape index (κ2) is 10.1. The van der Waals surface area contributed by atoms with Gasteiger partial charge in [0, 0.05) is 23.2 Å². The first-order chi connectivity index (χ1) is 17.2. The van der Waals surface area contributed by atoms with Crippen molar-refractivity contribution in [2.24, 2.45) is 10.1 Å². The van der Waals surface area contributed by atoms with Gasteiger partial charge in [0.05, 0.1) is 22.5 Å². The Hall–Kier alpha value is -4.69. The van der Waals surface area contributed by atoms with Gasteiger partial charge in [-0.25, -0.2) is 9.67 Å². The molecule has 7 nitrogen and oxygen atoms in total. The molecule has 0 N–H and O–H groups in total. The molecule has 0 radical (unpaired) electrons. The van der Waals surface area contributed by atoms with E-state index in [1.54, 1.807) is 35.3 Å². The summed E-state index contributed by atoms with van der Waals surface area (Å²) < 4.78 is 1.69. The van der Waals surface area contributed by atoms with Crippen LogP contribution in [0.15, 0.2) is 119 Å². The zero-order chi connectivity index (χ0) is 24.0. The van der Waals surface area contributed by atoms with E-state index in [2.05, 4.69) is 39.3 Å². The molecule has 5 rings (SSSR count). The topological polar surface area (TPSA) is 85.7 Å². The molecule has 0 fully saturated rings. The molecule has 5 aromatic rings. The lowest BCUT2D eigenvalue weighted by molar-refractivity contribution is -0.384. The van der Waals surface area contributed by atoms with E-state index in [4.69, 9.17) is 0 Å². The van der Waals surface area contributed by atoms with Crippen LogP contribution in [-0.2, 0) is 0 Å². The van der Waals surface area contributed by atoms with Gasteiger partial charge in [-0.3, -0.25) is 15.1 Å². The first kappa shape index (κ1) is 22.1. The van der Waals surface area contributed by atoms with Crippen LogP contribution in [0, 0.1) is 10.1 Å². The van der Waals surface area contributed by atoms with Crippen LogP contribution >= 0.6 is 11.3 Å². The molecule has 0 aliphatic carbocycles. The van der Waals surface area contributed by atoms with Crippen molar-refractivity contribution >= 4 is 28.9 Å². The monoisotopic (exact) mass is 477 g/mol. The summed E-state index contributed by atoms with van der Waals surface area (Å²) in [5.74, 6) is 0. The number of para-hydroxylation sites is 2. The van der Waals surface area contributed by atoms with Crippen LogP contribution in [0.5, 0.6) is 0 Å². The van der Waals surface area contributed by atoms with Gasteiger partial charge in [-0.05, 0) is 29.3 Å². The Balaban J connectivity index is 1.61.